The number of phenols is 1. The van der Waals surface area contributed by atoms with Gasteiger partial charge in [0, 0.05) is 0 Å². The van der Waals surface area contributed by atoms with Gasteiger partial charge < -0.3 is 19.3 Å². The molecule has 32 heavy (non-hydrogen) atoms. The Hall–Kier alpha value is -3.60. The summed E-state index contributed by atoms with van der Waals surface area (Å²) < 4.78 is 15.4. The number of thiophene rings is 1. The van der Waals surface area contributed by atoms with Gasteiger partial charge in [0.2, 0.25) is 0 Å². The molecule has 2 rings (SSSR count). The SMILES string of the molecule is CCOC(=O)c1sc(NC(=O)N/N=C/c2ccc(O)c(OCC)c2)c(C(=O)OCC)c1C. The Kier molecular flexibility index (Phi) is 9.02. The Morgan fingerprint density at radius 1 is 1.09 bits per heavy atom. The Morgan fingerprint density at radius 3 is 2.44 bits per heavy atom. The number of phenolic OH excluding ortho intramolecular Hbond substituents is 1. The third-order valence-electron chi connectivity index (χ3n) is 3.98. The number of hydrazone groups is 1. The molecule has 0 aliphatic rings. The summed E-state index contributed by atoms with van der Waals surface area (Å²) in [5.74, 6) is -0.972. The first-order valence-corrected chi connectivity index (χ1v) is 10.7. The first kappa shape index (κ1) is 24.7. The van der Waals surface area contributed by atoms with Gasteiger partial charge in [0.1, 0.15) is 9.88 Å². The van der Waals surface area contributed by atoms with E-state index in [1.54, 1.807) is 39.8 Å². The zero-order valence-corrected chi connectivity index (χ0v) is 19.0. The second kappa shape index (κ2) is 11.7. The molecule has 0 saturated heterocycles. The lowest BCUT2D eigenvalue weighted by Crippen LogP contribution is -2.24. The van der Waals surface area contributed by atoms with Crippen LogP contribution in [0.2, 0.25) is 0 Å². The maximum absolute atomic E-state index is 12.4. The Balaban J connectivity index is 2.17. The molecular formula is C21H25N3O7S. The second-order valence-corrected chi connectivity index (χ2v) is 7.21. The Labute approximate surface area is 189 Å². The van der Waals surface area contributed by atoms with E-state index in [4.69, 9.17) is 14.2 Å². The molecule has 0 unspecified atom stereocenters. The number of ether oxygens (including phenoxy) is 3. The number of rotatable bonds is 9. The molecule has 11 heteroatoms. The first-order chi connectivity index (χ1) is 15.3. The van der Waals surface area contributed by atoms with E-state index >= 15 is 0 Å². The molecule has 0 bridgehead atoms. The number of hydrogen-bond donors (Lipinski definition) is 3. The van der Waals surface area contributed by atoms with Crippen molar-refractivity contribution in [2.75, 3.05) is 25.1 Å². The van der Waals surface area contributed by atoms with Crippen LogP contribution < -0.4 is 15.5 Å². The lowest BCUT2D eigenvalue weighted by Gasteiger charge is -2.07. The Bertz CT molecular complexity index is 1020. The summed E-state index contributed by atoms with van der Waals surface area (Å²) in [6.07, 6.45) is 1.36. The molecule has 0 fully saturated rings. The molecule has 0 atom stereocenters. The van der Waals surface area contributed by atoms with Gasteiger partial charge in [-0.2, -0.15) is 5.10 Å². The molecule has 3 N–H and O–H groups in total. The number of carbonyl (C=O) groups is 3. The molecule has 172 valence electrons. The van der Waals surface area contributed by atoms with Gasteiger partial charge in [0.15, 0.2) is 11.5 Å². The summed E-state index contributed by atoms with van der Waals surface area (Å²) >= 11 is 0.912. The van der Waals surface area contributed by atoms with Crippen LogP contribution >= 0.6 is 11.3 Å². The number of benzene rings is 1. The highest BCUT2D eigenvalue weighted by atomic mass is 32.1. The van der Waals surface area contributed by atoms with Crippen molar-refractivity contribution in [1.82, 2.24) is 5.43 Å². The molecule has 1 aromatic heterocycles. The van der Waals surface area contributed by atoms with Crippen molar-refractivity contribution < 1.29 is 33.7 Å². The highest BCUT2D eigenvalue weighted by Crippen LogP contribution is 2.34. The summed E-state index contributed by atoms with van der Waals surface area (Å²) in [7, 11) is 0. The number of nitrogens with zero attached hydrogens (tertiary/aromatic N) is 1. The standard InChI is InChI=1S/C21H25N3O7S/c1-5-29-15-10-13(8-9-14(15)25)11-22-24-21(28)23-18-16(19(26)30-6-2)12(4)17(32-18)20(27)31-7-3/h8-11,25H,5-7H2,1-4H3,(H2,23,24,28)/b22-11+. The number of nitrogens with one attached hydrogen (secondary N) is 2. The number of aromatic hydroxyl groups is 1. The van der Waals surface area contributed by atoms with Crippen LogP contribution in [-0.4, -0.2) is 49.1 Å². The number of urea groups is 1. The number of amides is 2. The van der Waals surface area contributed by atoms with E-state index in [1.807, 2.05) is 0 Å². The summed E-state index contributed by atoms with van der Waals surface area (Å²) in [6, 6.07) is 3.87. The predicted octanol–water partition coefficient (Wildman–Crippen LogP) is 3.67. The van der Waals surface area contributed by atoms with Gasteiger partial charge in [-0.1, -0.05) is 0 Å². The van der Waals surface area contributed by atoms with Crippen LogP contribution in [0.3, 0.4) is 0 Å². The minimum Gasteiger partial charge on any atom is -0.504 e. The van der Waals surface area contributed by atoms with Crippen molar-refractivity contribution in [3.63, 3.8) is 0 Å². The van der Waals surface area contributed by atoms with Gasteiger partial charge in [-0.25, -0.2) is 19.8 Å². The number of hydrogen-bond acceptors (Lipinski definition) is 9. The van der Waals surface area contributed by atoms with Crippen LogP contribution in [0.15, 0.2) is 23.3 Å². The van der Waals surface area contributed by atoms with E-state index in [0.717, 1.165) is 11.3 Å². The van der Waals surface area contributed by atoms with Gasteiger partial charge in [-0.15, -0.1) is 11.3 Å². The van der Waals surface area contributed by atoms with Crippen LogP contribution in [0.5, 0.6) is 11.5 Å². The average molecular weight is 464 g/mol. The highest BCUT2D eigenvalue weighted by molar-refractivity contribution is 7.18. The van der Waals surface area contributed by atoms with Crippen LogP contribution in [0.1, 0.15) is 51.9 Å². The van der Waals surface area contributed by atoms with Gasteiger partial charge in [0.05, 0.1) is 31.6 Å². The van der Waals surface area contributed by atoms with Crippen LogP contribution in [0.25, 0.3) is 0 Å². The second-order valence-electron chi connectivity index (χ2n) is 6.19. The zero-order chi connectivity index (χ0) is 23.7. The van der Waals surface area contributed by atoms with E-state index in [1.165, 1.54) is 12.3 Å². The fourth-order valence-corrected chi connectivity index (χ4v) is 3.70. The smallest absolute Gasteiger partial charge is 0.348 e. The fraction of sp³-hybridized carbons (Fsp3) is 0.333. The van der Waals surface area contributed by atoms with E-state index in [9.17, 15) is 19.5 Å². The monoisotopic (exact) mass is 463 g/mol. The normalized spacial score (nSPS) is 10.6. The van der Waals surface area contributed by atoms with Gasteiger partial charge in [-0.05, 0) is 57.0 Å². The maximum atomic E-state index is 12.4. The number of anilines is 1. The summed E-state index contributed by atoms with van der Waals surface area (Å²) in [6.45, 7) is 7.38. The zero-order valence-electron chi connectivity index (χ0n) is 18.2. The van der Waals surface area contributed by atoms with E-state index < -0.39 is 18.0 Å². The lowest BCUT2D eigenvalue weighted by molar-refractivity contribution is 0.0527. The van der Waals surface area contributed by atoms with Crippen molar-refractivity contribution in [3.05, 3.63) is 39.8 Å². The van der Waals surface area contributed by atoms with Crippen molar-refractivity contribution in [2.45, 2.75) is 27.7 Å². The minimum absolute atomic E-state index is 0.00772. The molecule has 0 saturated carbocycles. The van der Waals surface area contributed by atoms with Crippen molar-refractivity contribution in [3.8, 4) is 11.5 Å². The predicted molar refractivity (Wildman–Crippen MR) is 120 cm³/mol. The molecule has 0 aliphatic carbocycles. The number of esters is 2. The average Bonchev–Trinajstić information content (AvgIpc) is 3.06. The molecule has 0 radical (unpaired) electrons. The summed E-state index contributed by atoms with van der Waals surface area (Å²) in [5.41, 5.74) is 3.30. The molecule has 2 amide bonds. The van der Waals surface area contributed by atoms with Gasteiger partial charge in [0.25, 0.3) is 0 Å². The van der Waals surface area contributed by atoms with Crippen LogP contribution in [0, 0.1) is 6.92 Å². The van der Waals surface area contributed by atoms with Crippen molar-refractivity contribution >= 4 is 40.5 Å². The largest absolute Gasteiger partial charge is 0.504 e. The van der Waals surface area contributed by atoms with Crippen LogP contribution in [0.4, 0.5) is 9.80 Å². The molecule has 2 aromatic rings. The topological polar surface area (TPSA) is 136 Å². The van der Waals surface area contributed by atoms with E-state index in [2.05, 4.69) is 15.8 Å². The summed E-state index contributed by atoms with van der Waals surface area (Å²) in [4.78, 5) is 37.1. The van der Waals surface area contributed by atoms with E-state index in [-0.39, 0.29) is 34.4 Å². The van der Waals surface area contributed by atoms with E-state index in [0.29, 0.717) is 23.5 Å². The fourth-order valence-electron chi connectivity index (χ4n) is 2.62. The molecule has 1 heterocycles. The minimum atomic E-state index is -0.729. The molecular weight excluding hydrogens is 438 g/mol. The third kappa shape index (κ3) is 6.20. The number of carbonyl (C=O) groups excluding carboxylic acids is 3. The quantitative estimate of drug-likeness (QED) is 0.293. The molecule has 1 aromatic carbocycles. The summed E-state index contributed by atoms with van der Waals surface area (Å²) in [5, 5.41) is 16.2. The molecule has 10 nitrogen and oxygen atoms in total. The molecule has 0 aliphatic heterocycles. The van der Waals surface area contributed by atoms with Crippen molar-refractivity contribution in [1.29, 1.82) is 0 Å². The lowest BCUT2D eigenvalue weighted by atomic mass is 10.1. The molecule has 0 spiro atoms. The van der Waals surface area contributed by atoms with Crippen LogP contribution in [-0.2, 0) is 9.47 Å². The first-order valence-electron chi connectivity index (χ1n) is 9.85. The maximum Gasteiger partial charge on any atom is 0.348 e. The van der Waals surface area contributed by atoms with Gasteiger partial charge in [-0.3, -0.25) is 5.32 Å². The third-order valence-corrected chi connectivity index (χ3v) is 5.16. The van der Waals surface area contributed by atoms with Crippen molar-refractivity contribution in [2.24, 2.45) is 5.10 Å². The highest BCUT2D eigenvalue weighted by Gasteiger charge is 2.27. The Morgan fingerprint density at radius 2 is 1.78 bits per heavy atom. The van der Waals surface area contributed by atoms with Gasteiger partial charge >= 0.3 is 18.0 Å².